The van der Waals surface area contributed by atoms with Crippen LogP contribution in [0.1, 0.15) is 110 Å². The summed E-state index contributed by atoms with van der Waals surface area (Å²) in [5.74, 6) is -1.58. The third-order valence-corrected chi connectivity index (χ3v) is 15.4. The number of ether oxygens (including phenoxy) is 2. The Kier molecular flexibility index (Phi) is 14.4. The van der Waals surface area contributed by atoms with Crippen molar-refractivity contribution in [2.45, 2.75) is 135 Å². The molecule has 2 saturated carbocycles. The predicted molar refractivity (Wildman–Crippen MR) is 263 cm³/mol. The molecule has 67 heavy (non-hydrogen) atoms. The van der Waals surface area contributed by atoms with Gasteiger partial charge in [-0.1, -0.05) is 70.4 Å². The minimum absolute atomic E-state index is 0. The molecule has 3 aromatic carbocycles. The smallest absolute Gasteiger partial charge is 0.260 e. The molecule has 16 heteroatoms. The molecule has 2 bridgehead atoms. The summed E-state index contributed by atoms with van der Waals surface area (Å²) in [6, 6.07) is 18.1. The van der Waals surface area contributed by atoms with E-state index in [0.29, 0.717) is 42.7 Å². The van der Waals surface area contributed by atoms with Gasteiger partial charge < -0.3 is 35.6 Å². The Morgan fingerprint density at radius 2 is 1.67 bits per heavy atom. The number of anilines is 1. The number of benzene rings is 3. The van der Waals surface area contributed by atoms with E-state index < -0.39 is 59.2 Å². The van der Waals surface area contributed by atoms with Gasteiger partial charge in [-0.05, 0) is 112 Å². The average Bonchev–Trinajstić information content (AvgIpc) is 3.98. The zero-order valence-corrected chi connectivity index (χ0v) is 40.3. The summed E-state index contributed by atoms with van der Waals surface area (Å²) < 4.78 is 14.2. The van der Waals surface area contributed by atoms with Crippen LogP contribution in [0, 0.1) is 23.7 Å². The number of methoxy groups -OCH3 is 1. The number of rotatable bonds is 16. The molecule has 1 spiro atoms. The van der Waals surface area contributed by atoms with Gasteiger partial charge in [0.2, 0.25) is 29.5 Å². The number of hydrogen-bond acceptors (Lipinski definition) is 11. The zero-order chi connectivity index (χ0) is 47.6. The van der Waals surface area contributed by atoms with Crippen LogP contribution < -0.4 is 26.0 Å². The molecule has 366 valence electrons. The van der Waals surface area contributed by atoms with Crippen molar-refractivity contribution in [1.82, 2.24) is 25.8 Å². The van der Waals surface area contributed by atoms with Gasteiger partial charge in [0.05, 0.1) is 15.8 Å². The lowest BCUT2D eigenvalue weighted by atomic mass is 9.54. The first-order chi connectivity index (χ1) is 32.2. The number of aromatic nitrogens is 1. The zero-order valence-electron chi connectivity index (χ0n) is 39.5. The van der Waals surface area contributed by atoms with Crippen LogP contribution in [0.2, 0.25) is 0 Å². The fourth-order valence-electron chi connectivity index (χ4n) is 10.9. The molecule has 5 amide bonds. The molecule has 2 aliphatic heterocycles. The van der Waals surface area contributed by atoms with E-state index in [1.165, 1.54) is 31.6 Å². The largest absolute Gasteiger partial charge is 0.488 e. The highest BCUT2D eigenvalue weighted by Crippen LogP contribution is 2.65. The van der Waals surface area contributed by atoms with Crippen molar-refractivity contribution in [2.24, 2.45) is 23.7 Å². The lowest BCUT2D eigenvalue weighted by Gasteiger charge is -2.64. The van der Waals surface area contributed by atoms with Gasteiger partial charge >= 0.3 is 0 Å². The Morgan fingerprint density at radius 1 is 0.896 bits per heavy atom. The first kappa shape index (κ1) is 48.1. The van der Waals surface area contributed by atoms with Crippen LogP contribution in [-0.2, 0) is 50.9 Å². The van der Waals surface area contributed by atoms with E-state index >= 15 is 0 Å². The standard InChI is InChI=1S/C51H64N6O9S.4H2/c1-8-35-25-34-13-11-14-36(26-34)50(35)51(63-7,66-65-50)37-20-23-39(48-55-40-15-9-10-17-43(40)67-48)42(27-37)64-28-33-18-21-38(22-19-33)54-47(61)44(29(2)3)56-46(60)41-16-12-24-57(41)49(62)31(5)53-45(59)30(4)52-32(6)58;;;;/h9-10,15,17-23,27,29-31,34-36,41,44H,8,11-14,16,24-26,28H2,1-7H3,(H,52,58)(H,53,59)(H,54,61)(H,56,60);4*1H/t30-,31+,34?,35?,36?,41+,44+,50?,51?;;;;/m0..../s1. The Morgan fingerprint density at radius 3 is 2.36 bits per heavy atom. The topological polar surface area (TPSA) is 187 Å². The maximum Gasteiger partial charge on any atom is 0.260 e. The van der Waals surface area contributed by atoms with Crippen LogP contribution in [0.3, 0.4) is 0 Å². The van der Waals surface area contributed by atoms with E-state index in [4.69, 9.17) is 24.2 Å². The Balaban J connectivity index is 0.00000274. The number of thiazole rings is 1. The number of nitrogens with one attached hydrogen (secondary N) is 4. The van der Waals surface area contributed by atoms with Gasteiger partial charge in [-0.3, -0.25) is 24.0 Å². The fraction of sp³-hybridized carbons (Fsp3) is 0.529. The highest BCUT2D eigenvalue weighted by atomic mass is 32.1. The second kappa shape index (κ2) is 20.0. The maximum absolute atomic E-state index is 13.8. The average molecular weight is 945 g/mol. The normalized spacial score (nSPS) is 25.8. The minimum Gasteiger partial charge on any atom is -0.488 e. The van der Waals surface area contributed by atoms with Gasteiger partial charge in [0.15, 0.2) is 5.60 Å². The molecule has 4 aromatic rings. The summed E-state index contributed by atoms with van der Waals surface area (Å²) in [4.78, 5) is 83.8. The van der Waals surface area contributed by atoms with Crippen molar-refractivity contribution < 1.29 is 48.9 Å². The van der Waals surface area contributed by atoms with Crippen LogP contribution in [0.5, 0.6) is 5.75 Å². The highest BCUT2D eigenvalue weighted by molar-refractivity contribution is 7.21. The van der Waals surface area contributed by atoms with Crippen molar-refractivity contribution in [3.8, 4) is 16.3 Å². The molecular weight excluding hydrogens is 873 g/mol. The number of likely N-dealkylation sites (tertiary alicyclic amines) is 1. The quantitative estimate of drug-likeness (QED) is 0.0796. The van der Waals surface area contributed by atoms with Crippen LogP contribution in [0.15, 0.2) is 66.7 Å². The molecule has 9 atom stereocenters. The van der Waals surface area contributed by atoms with Crippen LogP contribution in [0.25, 0.3) is 20.8 Å². The first-order valence-corrected chi connectivity index (χ1v) is 24.6. The molecule has 15 nitrogen and oxygen atoms in total. The Bertz CT molecular complexity index is 2460. The van der Waals surface area contributed by atoms with E-state index in [2.05, 4.69) is 46.4 Å². The van der Waals surface area contributed by atoms with Crippen molar-refractivity contribution in [1.29, 1.82) is 0 Å². The Hall–Kier alpha value is -5.42. The number of amides is 5. The molecular formula is C51H72N6O9S. The van der Waals surface area contributed by atoms with Gasteiger partial charge in [-0.15, -0.1) is 11.3 Å². The molecule has 3 heterocycles. The Labute approximate surface area is 402 Å². The summed E-state index contributed by atoms with van der Waals surface area (Å²) in [5, 5.41) is 11.8. The van der Waals surface area contributed by atoms with Gasteiger partial charge in [-0.2, -0.15) is 4.89 Å². The van der Waals surface area contributed by atoms with E-state index in [1.807, 2.05) is 50.2 Å². The second-order valence-electron chi connectivity index (χ2n) is 19.1. The van der Waals surface area contributed by atoms with E-state index in [1.54, 1.807) is 37.5 Å². The number of carbonyl (C=O) groups excluding carboxylic acids is 5. The highest BCUT2D eigenvalue weighted by Gasteiger charge is 2.74. The van der Waals surface area contributed by atoms with Gasteiger partial charge in [0, 0.05) is 37.5 Å². The summed E-state index contributed by atoms with van der Waals surface area (Å²) in [5.41, 5.74) is 3.40. The minimum atomic E-state index is -1.10. The number of nitrogens with zero attached hydrogens (tertiary/aromatic N) is 2. The molecule has 1 aromatic heterocycles. The van der Waals surface area contributed by atoms with Crippen LogP contribution in [-0.4, -0.2) is 82.8 Å². The third-order valence-electron chi connectivity index (χ3n) is 14.3. The number of hydrogen-bond donors (Lipinski definition) is 4. The van der Waals surface area contributed by atoms with E-state index in [0.717, 1.165) is 57.6 Å². The van der Waals surface area contributed by atoms with Crippen molar-refractivity contribution in [3.63, 3.8) is 0 Å². The van der Waals surface area contributed by atoms with Gasteiger partial charge in [-0.25, -0.2) is 9.87 Å². The molecule has 5 unspecified atom stereocenters. The first-order valence-electron chi connectivity index (χ1n) is 23.8. The number of fused-ring (bicyclic) bond motifs is 4. The van der Waals surface area contributed by atoms with E-state index in [9.17, 15) is 24.0 Å². The summed E-state index contributed by atoms with van der Waals surface area (Å²) in [6.07, 6.45) is 7.68. The SMILES string of the molecule is CCC1CC2CCCC(C2)C12OOC2(OC)c1ccc(-c2nc3ccccc3s2)c(OCc2ccc(NC(=O)[C@H](NC(=O)[C@H]3CCCN3C(=O)[C@@H](C)NC(=O)[C@H](C)NC(C)=O)C(C)C)cc2)c1.[HH].[HH].[HH].[HH]. The summed E-state index contributed by atoms with van der Waals surface area (Å²) >= 11 is 1.60. The number of carbonyl (C=O) groups is 5. The van der Waals surface area contributed by atoms with Crippen molar-refractivity contribution in [3.05, 3.63) is 77.9 Å². The van der Waals surface area contributed by atoms with Crippen molar-refractivity contribution >= 4 is 56.8 Å². The lowest BCUT2D eigenvalue weighted by Crippen LogP contribution is -2.74. The predicted octanol–water partition coefficient (Wildman–Crippen LogP) is 8.36. The maximum atomic E-state index is 13.8. The molecule has 4 fully saturated rings. The fourth-order valence-corrected chi connectivity index (χ4v) is 11.9. The molecule has 4 aliphatic rings. The molecule has 0 radical (unpaired) electrons. The summed E-state index contributed by atoms with van der Waals surface area (Å²) in [6.45, 7) is 10.8. The second-order valence-corrected chi connectivity index (χ2v) is 20.1. The van der Waals surface area contributed by atoms with Crippen LogP contribution in [0.4, 0.5) is 5.69 Å². The molecule has 2 saturated heterocycles. The lowest BCUT2D eigenvalue weighted by molar-refractivity contribution is -0.641. The molecule has 4 N–H and O–H groups in total. The number of para-hydroxylation sites is 1. The van der Waals surface area contributed by atoms with E-state index in [-0.39, 0.29) is 30.1 Å². The summed E-state index contributed by atoms with van der Waals surface area (Å²) in [7, 11) is 1.71. The van der Waals surface area contributed by atoms with Gasteiger partial charge in [0.25, 0.3) is 5.79 Å². The van der Waals surface area contributed by atoms with Crippen LogP contribution >= 0.6 is 11.3 Å². The van der Waals surface area contributed by atoms with Crippen molar-refractivity contribution in [2.75, 3.05) is 19.0 Å². The molecule has 8 rings (SSSR count). The third kappa shape index (κ3) is 9.42. The molecule has 2 aliphatic carbocycles. The monoisotopic (exact) mass is 945 g/mol. The van der Waals surface area contributed by atoms with Gasteiger partial charge in [0.1, 0.15) is 41.5 Å².